The molecule has 0 saturated carbocycles. The molecule has 11 heteroatoms. The van der Waals surface area contributed by atoms with Gasteiger partial charge in [-0.1, -0.05) is 19.1 Å². The molecule has 35 heavy (non-hydrogen) atoms. The Morgan fingerprint density at radius 3 is 2.37 bits per heavy atom. The van der Waals surface area contributed by atoms with Crippen molar-refractivity contribution in [1.29, 1.82) is 0 Å². The molecule has 0 unspecified atom stereocenters. The Hall–Kier alpha value is -4.25. The summed E-state index contributed by atoms with van der Waals surface area (Å²) >= 11 is 0. The average molecular weight is 496 g/mol. The van der Waals surface area contributed by atoms with Gasteiger partial charge in [0.15, 0.2) is 43.7 Å². The summed E-state index contributed by atoms with van der Waals surface area (Å²) < 4.78 is 64.6. The molecule has 0 fully saturated rings. The highest BCUT2D eigenvalue weighted by atomic mass is 32.2. The maximum Gasteiger partial charge on any atom is 0.220 e. The SMILES string of the molecule is CCS(=O)(=O)c1cccc(Oc2cc3cc(-c4ccn[nH]4)[nH]c3cc2Oc2c(F)cccc2F)n1. The van der Waals surface area contributed by atoms with Crippen LogP contribution in [0.2, 0.25) is 0 Å². The molecule has 0 aliphatic heterocycles. The van der Waals surface area contributed by atoms with Crippen LogP contribution in [0.4, 0.5) is 8.78 Å². The van der Waals surface area contributed by atoms with Crippen molar-refractivity contribution in [1.82, 2.24) is 20.2 Å². The normalized spacial score (nSPS) is 11.6. The van der Waals surface area contributed by atoms with Gasteiger partial charge in [-0.05, 0) is 36.4 Å². The molecule has 5 rings (SSSR count). The minimum atomic E-state index is -3.58. The molecule has 0 amide bonds. The van der Waals surface area contributed by atoms with Crippen LogP contribution in [0, 0.1) is 11.6 Å². The van der Waals surface area contributed by atoms with E-state index in [4.69, 9.17) is 9.47 Å². The Morgan fingerprint density at radius 1 is 0.914 bits per heavy atom. The number of rotatable bonds is 7. The monoisotopic (exact) mass is 496 g/mol. The van der Waals surface area contributed by atoms with E-state index in [1.807, 2.05) is 6.07 Å². The van der Waals surface area contributed by atoms with Crippen LogP contribution in [0.15, 0.2) is 71.9 Å². The van der Waals surface area contributed by atoms with Crippen molar-refractivity contribution in [2.24, 2.45) is 0 Å². The summed E-state index contributed by atoms with van der Waals surface area (Å²) in [5.41, 5.74) is 2.04. The Morgan fingerprint density at radius 2 is 1.66 bits per heavy atom. The summed E-state index contributed by atoms with van der Waals surface area (Å²) in [4.78, 5) is 7.28. The zero-order chi connectivity index (χ0) is 24.6. The molecule has 2 aromatic carbocycles. The third-order valence-corrected chi connectivity index (χ3v) is 6.84. The lowest BCUT2D eigenvalue weighted by Gasteiger charge is -2.13. The highest BCUT2D eigenvalue weighted by molar-refractivity contribution is 7.91. The average Bonchev–Trinajstić information content (AvgIpc) is 3.51. The number of hydrogen-bond acceptors (Lipinski definition) is 6. The van der Waals surface area contributed by atoms with Gasteiger partial charge in [0, 0.05) is 29.2 Å². The van der Waals surface area contributed by atoms with Gasteiger partial charge in [0.1, 0.15) is 0 Å². The molecule has 0 atom stereocenters. The van der Waals surface area contributed by atoms with E-state index in [1.165, 1.54) is 37.3 Å². The topological polar surface area (TPSA) is 110 Å². The molecular formula is C24H18F2N4O4S. The van der Waals surface area contributed by atoms with Crippen LogP contribution < -0.4 is 9.47 Å². The number of fused-ring (bicyclic) bond motifs is 1. The summed E-state index contributed by atoms with van der Waals surface area (Å²) in [5, 5.41) is 7.34. The van der Waals surface area contributed by atoms with Crippen LogP contribution in [0.5, 0.6) is 23.1 Å². The molecular weight excluding hydrogens is 478 g/mol. The molecule has 2 N–H and O–H groups in total. The molecule has 3 aromatic heterocycles. The lowest BCUT2D eigenvalue weighted by atomic mass is 10.2. The predicted octanol–water partition coefficient (Wildman–Crippen LogP) is 5.61. The maximum absolute atomic E-state index is 14.3. The molecule has 5 aromatic rings. The van der Waals surface area contributed by atoms with E-state index in [2.05, 4.69) is 20.2 Å². The molecule has 178 valence electrons. The van der Waals surface area contributed by atoms with Crippen LogP contribution in [0.1, 0.15) is 6.92 Å². The summed E-state index contributed by atoms with van der Waals surface area (Å²) in [7, 11) is -3.58. The van der Waals surface area contributed by atoms with Crippen molar-refractivity contribution < 1.29 is 26.7 Å². The second kappa shape index (κ2) is 8.84. The Kier molecular flexibility index (Phi) is 5.69. The predicted molar refractivity (Wildman–Crippen MR) is 124 cm³/mol. The molecule has 0 saturated heterocycles. The van der Waals surface area contributed by atoms with Crippen LogP contribution in [-0.4, -0.2) is 34.3 Å². The van der Waals surface area contributed by atoms with E-state index in [1.54, 1.807) is 18.3 Å². The molecule has 0 aliphatic carbocycles. The van der Waals surface area contributed by atoms with Gasteiger partial charge in [-0.15, -0.1) is 0 Å². The van der Waals surface area contributed by atoms with E-state index in [-0.39, 0.29) is 28.2 Å². The van der Waals surface area contributed by atoms with Gasteiger partial charge in [0.25, 0.3) is 0 Å². The molecule has 8 nitrogen and oxygen atoms in total. The van der Waals surface area contributed by atoms with Crippen LogP contribution >= 0.6 is 0 Å². The first-order valence-electron chi connectivity index (χ1n) is 10.5. The second-order valence-corrected chi connectivity index (χ2v) is 9.74. The molecule has 0 radical (unpaired) electrons. The Labute approximate surface area is 198 Å². The summed E-state index contributed by atoms with van der Waals surface area (Å²) in [6.45, 7) is 1.51. The maximum atomic E-state index is 14.3. The number of H-pyrrole nitrogens is 2. The van der Waals surface area contributed by atoms with E-state index in [0.717, 1.165) is 17.8 Å². The summed E-state index contributed by atoms with van der Waals surface area (Å²) in [5.74, 6) is -2.48. The second-order valence-electron chi connectivity index (χ2n) is 7.51. The van der Waals surface area contributed by atoms with Gasteiger partial charge in [-0.3, -0.25) is 5.10 Å². The Balaban J connectivity index is 1.61. The van der Waals surface area contributed by atoms with E-state index >= 15 is 0 Å². The van der Waals surface area contributed by atoms with Crippen molar-refractivity contribution in [3.63, 3.8) is 0 Å². The number of aromatic nitrogens is 4. The highest BCUT2D eigenvalue weighted by Crippen LogP contribution is 2.40. The van der Waals surface area contributed by atoms with Crippen LogP contribution in [0.3, 0.4) is 0 Å². The number of aromatic amines is 2. The van der Waals surface area contributed by atoms with Crippen molar-refractivity contribution in [3.8, 4) is 34.5 Å². The van der Waals surface area contributed by atoms with Gasteiger partial charge in [-0.2, -0.15) is 5.10 Å². The van der Waals surface area contributed by atoms with Crippen molar-refractivity contribution >= 4 is 20.7 Å². The highest BCUT2D eigenvalue weighted by Gasteiger charge is 2.19. The standard InChI is InChI=1S/C24H18F2N4O4S/c1-2-35(31,32)23-8-4-7-22(29-23)33-20-12-14-11-19(17-9-10-27-30-17)28-18(14)13-21(20)34-24-15(25)5-3-6-16(24)26/h3-13,28H,2H2,1H3,(H,27,30). The molecule has 0 bridgehead atoms. The number of nitrogens with zero attached hydrogens (tertiary/aromatic N) is 2. The number of sulfone groups is 1. The van der Waals surface area contributed by atoms with Crippen LogP contribution in [-0.2, 0) is 9.84 Å². The molecule has 3 heterocycles. The number of pyridine rings is 1. The van der Waals surface area contributed by atoms with E-state index < -0.39 is 27.2 Å². The smallest absolute Gasteiger partial charge is 0.220 e. The number of nitrogens with one attached hydrogen (secondary N) is 2. The first-order chi connectivity index (χ1) is 16.8. The van der Waals surface area contributed by atoms with Gasteiger partial charge in [0.05, 0.1) is 17.1 Å². The van der Waals surface area contributed by atoms with E-state index in [0.29, 0.717) is 16.6 Å². The van der Waals surface area contributed by atoms with Gasteiger partial charge in [-0.25, -0.2) is 22.2 Å². The zero-order valence-corrected chi connectivity index (χ0v) is 19.1. The van der Waals surface area contributed by atoms with E-state index in [9.17, 15) is 17.2 Å². The van der Waals surface area contributed by atoms with Crippen molar-refractivity contribution in [2.75, 3.05) is 5.75 Å². The fourth-order valence-electron chi connectivity index (χ4n) is 3.43. The van der Waals surface area contributed by atoms with Gasteiger partial charge < -0.3 is 14.5 Å². The van der Waals surface area contributed by atoms with Gasteiger partial charge in [0.2, 0.25) is 5.88 Å². The van der Waals surface area contributed by atoms with Crippen molar-refractivity contribution in [3.05, 3.63) is 78.5 Å². The molecule has 0 aliphatic rings. The fourth-order valence-corrected chi connectivity index (χ4v) is 4.24. The fraction of sp³-hybridized carbons (Fsp3) is 0.0833. The number of para-hydroxylation sites is 1. The molecule has 0 spiro atoms. The number of ether oxygens (including phenoxy) is 2. The number of halogens is 2. The summed E-state index contributed by atoms with van der Waals surface area (Å²) in [6, 6.07) is 14.4. The van der Waals surface area contributed by atoms with Crippen molar-refractivity contribution in [2.45, 2.75) is 11.9 Å². The minimum absolute atomic E-state index is 0.00920. The largest absolute Gasteiger partial charge is 0.447 e. The third kappa shape index (κ3) is 4.45. The minimum Gasteiger partial charge on any atom is -0.447 e. The quantitative estimate of drug-likeness (QED) is 0.303. The first kappa shape index (κ1) is 22.5. The Bertz CT molecular complexity index is 1610. The lowest BCUT2D eigenvalue weighted by Crippen LogP contribution is -2.06. The first-order valence-corrected chi connectivity index (χ1v) is 12.2. The number of benzene rings is 2. The zero-order valence-electron chi connectivity index (χ0n) is 18.2. The third-order valence-electron chi connectivity index (χ3n) is 5.22. The summed E-state index contributed by atoms with van der Waals surface area (Å²) in [6.07, 6.45) is 1.61. The van der Waals surface area contributed by atoms with Gasteiger partial charge >= 0.3 is 0 Å². The number of hydrogen-bond donors (Lipinski definition) is 2. The lowest BCUT2D eigenvalue weighted by molar-refractivity contribution is 0.377. The van der Waals surface area contributed by atoms with Crippen LogP contribution in [0.25, 0.3) is 22.3 Å².